The molecule has 5 N–H and O–H groups in total. The highest BCUT2D eigenvalue weighted by atomic mass is 33.1. The summed E-state index contributed by atoms with van der Waals surface area (Å²) < 4.78 is 5.20. The number of aliphatic carboxylic acids is 1. The van der Waals surface area contributed by atoms with E-state index >= 15 is 0 Å². The Morgan fingerprint density at radius 1 is 1.30 bits per heavy atom. The lowest BCUT2D eigenvalue weighted by Crippen LogP contribution is -2.46. The molecule has 1 rings (SSSR count). The minimum Gasteiger partial charge on any atom is -0.481 e. The fourth-order valence-electron chi connectivity index (χ4n) is 2.44. The van der Waals surface area contributed by atoms with Gasteiger partial charge in [-0.15, -0.1) is 0 Å². The van der Waals surface area contributed by atoms with Crippen LogP contribution in [0, 0.1) is 5.41 Å². The molecule has 1 fully saturated rings. The van der Waals surface area contributed by atoms with E-state index in [2.05, 4.69) is 5.32 Å². The Labute approximate surface area is 167 Å². The highest BCUT2D eigenvalue weighted by Gasteiger charge is 2.35. The van der Waals surface area contributed by atoms with Crippen molar-refractivity contribution in [2.75, 3.05) is 18.9 Å². The zero-order valence-corrected chi connectivity index (χ0v) is 17.5. The summed E-state index contributed by atoms with van der Waals surface area (Å²) >= 11 is 0. The van der Waals surface area contributed by atoms with Crippen LogP contribution in [0.25, 0.3) is 0 Å². The number of carbonyl (C=O) groups is 3. The quantitative estimate of drug-likeness (QED) is 0.209. The van der Waals surface area contributed by atoms with Crippen LogP contribution in [0.5, 0.6) is 0 Å². The highest BCUT2D eigenvalue weighted by Crippen LogP contribution is 2.45. The number of carboxylic acids is 1. The molecule has 1 aliphatic heterocycles. The minimum atomic E-state index is -1.41. The molecular weight excluding hydrogens is 392 g/mol. The first kappa shape index (κ1) is 24.1. The van der Waals surface area contributed by atoms with Crippen LogP contribution < -0.4 is 11.1 Å². The molecule has 0 radical (unpaired) electrons. The van der Waals surface area contributed by atoms with Gasteiger partial charge in [-0.05, 0) is 19.3 Å². The van der Waals surface area contributed by atoms with E-state index in [0.29, 0.717) is 6.42 Å². The van der Waals surface area contributed by atoms with Gasteiger partial charge < -0.3 is 26.0 Å². The predicted molar refractivity (Wildman–Crippen MR) is 106 cm³/mol. The molecule has 0 unspecified atom stereocenters. The van der Waals surface area contributed by atoms with E-state index in [1.54, 1.807) is 35.4 Å². The van der Waals surface area contributed by atoms with Crippen molar-refractivity contribution < 1.29 is 29.3 Å². The van der Waals surface area contributed by atoms with Crippen molar-refractivity contribution in [1.82, 2.24) is 5.32 Å². The standard InChI is InChI=1S/C17H30N2O6S2/c1-16(2,14(23)15(24)19-9-6-12(20)21)11-25-13(22)5-3-4-7-17(18)8-10-26-27-17/h14,23H,3-11,18H2,1-2H3,(H,19,24)(H,20,21)/t14-,17+/m0/s1. The Morgan fingerprint density at radius 3 is 2.59 bits per heavy atom. The van der Waals surface area contributed by atoms with E-state index in [-0.39, 0.29) is 36.8 Å². The van der Waals surface area contributed by atoms with E-state index in [9.17, 15) is 19.5 Å². The van der Waals surface area contributed by atoms with Crippen LogP contribution in [0.4, 0.5) is 0 Å². The lowest BCUT2D eigenvalue weighted by atomic mass is 9.87. The number of ether oxygens (including phenoxy) is 1. The first-order chi connectivity index (χ1) is 12.6. The van der Waals surface area contributed by atoms with Crippen molar-refractivity contribution in [2.45, 2.75) is 63.3 Å². The third kappa shape index (κ3) is 9.18. The molecule has 27 heavy (non-hydrogen) atoms. The van der Waals surface area contributed by atoms with Crippen molar-refractivity contribution in [3.63, 3.8) is 0 Å². The first-order valence-corrected chi connectivity index (χ1v) is 11.3. The second kappa shape index (κ2) is 11.1. The molecule has 0 aliphatic carbocycles. The number of hydrogen-bond donors (Lipinski definition) is 4. The zero-order chi connectivity index (χ0) is 20.5. The van der Waals surface area contributed by atoms with Gasteiger partial charge in [0.1, 0.15) is 6.10 Å². The van der Waals surface area contributed by atoms with Crippen molar-refractivity contribution >= 4 is 39.4 Å². The predicted octanol–water partition coefficient (Wildman–Crippen LogP) is 1.51. The van der Waals surface area contributed by atoms with Crippen LogP contribution in [-0.4, -0.2) is 57.9 Å². The SMILES string of the molecule is CC(C)(COC(=O)CCCC[C@]1(N)CCSS1)[C@@H](O)C(=O)NCCC(=O)O. The number of carbonyl (C=O) groups excluding carboxylic acids is 2. The molecule has 0 saturated carbocycles. The van der Waals surface area contributed by atoms with Crippen LogP contribution in [-0.2, 0) is 19.1 Å². The van der Waals surface area contributed by atoms with Crippen molar-refractivity contribution in [3.8, 4) is 0 Å². The number of nitrogens with one attached hydrogen (secondary N) is 1. The number of aliphatic hydroxyl groups is 1. The molecule has 0 aromatic carbocycles. The van der Waals surface area contributed by atoms with Gasteiger partial charge in [-0.1, -0.05) is 41.9 Å². The maximum absolute atomic E-state index is 11.9. The normalized spacial score (nSPS) is 20.9. The highest BCUT2D eigenvalue weighted by molar-refractivity contribution is 8.77. The summed E-state index contributed by atoms with van der Waals surface area (Å²) in [6, 6.07) is 0. The monoisotopic (exact) mass is 422 g/mol. The van der Waals surface area contributed by atoms with E-state index in [4.69, 9.17) is 15.6 Å². The van der Waals surface area contributed by atoms with Crippen LogP contribution in [0.15, 0.2) is 0 Å². The van der Waals surface area contributed by atoms with Gasteiger partial charge in [0, 0.05) is 24.1 Å². The number of esters is 1. The van der Waals surface area contributed by atoms with Gasteiger partial charge in [-0.25, -0.2) is 0 Å². The number of rotatable bonds is 12. The summed E-state index contributed by atoms with van der Waals surface area (Å²) in [7, 11) is 3.49. The molecule has 0 bridgehead atoms. The van der Waals surface area contributed by atoms with Gasteiger partial charge in [-0.2, -0.15) is 0 Å². The Hall–Kier alpha value is -0.970. The maximum atomic E-state index is 11.9. The van der Waals surface area contributed by atoms with Gasteiger partial charge in [0.05, 0.1) is 17.9 Å². The van der Waals surface area contributed by atoms with Crippen LogP contribution >= 0.6 is 21.6 Å². The minimum absolute atomic E-state index is 0.0689. The van der Waals surface area contributed by atoms with Gasteiger partial charge >= 0.3 is 11.9 Å². The van der Waals surface area contributed by atoms with Crippen molar-refractivity contribution in [3.05, 3.63) is 0 Å². The zero-order valence-electron chi connectivity index (χ0n) is 15.9. The average Bonchev–Trinajstić information content (AvgIpc) is 3.02. The molecule has 8 nitrogen and oxygen atoms in total. The maximum Gasteiger partial charge on any atom is 0.305 e. The van der Waals surface area contributed by atoms with E-state index < -0.39 is 23.4 Å². The van der Waals surface area contributed by atoms with E-state index in [0.717, 1.165) is 25.0 Å². The molecular formula is C17H30N2O6S2. The molecule has 0 aromatic rings. The third-order valence-corrected chi connectivity index (χ3v) is 7.37. The Bertz CT molecular complexity index is 524. The Kier molecular flexibility index (Phi) is 9.92. The molecule has 1 heterocycles. The number of aliphatic hydroxyl groups excluding tert-OH is 1. The smallest absolute Gasteiger partial charge is 0.305 e. The second-order valence-corrected chi connectivity index (χ2v) is 10.2. The van der Waals surface area contributed by atoms with Gasteiger partial charge in [0.25, 0.3) is 0 Å². The largest absolute Gasteiger partial charge is 0.481 e. The second-order valence-electron chi connectivity index (χ2n) is 7.41. The van der Waals surface area contributed by atoms with Crippen molar-refractivity contribution in [2.24, 2.45) is 11.1 Å². The Balaban J connectivity index is 2.25. The van der Waals surface area contributed by atoms with E-state index in [1.165, 1.54) is 0 Å². The summed E-state index contributed by atoms with van der Waals surface area (Å²) in [6.45, 7) is 3.04. The topological polar surface area (TPSA) is 139 Å². The lowest BCUT2D eigenvalue weighted by Gasteiger charge is -2.29. The fraction of sp³-hybridized carbons (Fsp3) is 0.824. The fourth-order valence-corrected chi connectivity index (χ4v) is 5.45. The molecule has 1 aliphatic rings. The molecule has 10 heteroatoms. The Morgan fingerprint density at radius 2 is 2.00 bits per heavy atom. The molecule has 1 amide bonds. The lowest BCUT2D eigenvalue weighted by molar-refractivity contribution is -0.153. The number of nitrogens with two attached hydrogens (primary N) is 1. The number of hydrogen-bond acceptors (Lipinski definition) is 8. The van der Waals surface area contributed by atoms with Crippen LogP contribution in [0.2, 0.25) is 0 Å². The van der Waals surface area contributed by atoms with Crippen LogP contribution in [0.1, 0.15) is 52.4 Å². The molecule has 156 valence electrons. The summed E-state index contributed by atoms with van der Waals surface area (Å²) in [5, 5.41) is 21.0. The molecule has 1 saturated heterocycles. The van der Waals surface area contributed by atoms with Crippen molar-refractivity contribution in [1.29, 1.82) is 0 Å². The number of carboxylic acid groups (broad SMARTS) is 1. The van der Waals surface area contributed by atoms with Gasteiger partial charge in [0.15, 0.2) is 0 Å². The summed E-state index contributed by atoms with van der Waals surface area (Å²) in [6.07, 6.45) is 2.00. The summed E-state index contributed by atoms with van der Waals surface area (Å²) in [4.78, 5) is 34.0. The van der Waals surface area contributed by atoms with Gasteiger partial charge in [-0.3, -0.25) is 14.4 Å². The van der Waals surface area contributed by atoms with Gasteiger partial charge in [0.2, 0.25) is 5.91 Å². The summed E-state index contributed by atoms with van der Waals surface area (Å²) in [5.41, 5.74) is 5.25. The molecule has 0 aromatic heterocycles. The van der Waals surface area contributed by atoms with Crippen LogP contribution in [0.3, 0.4) is 0 Å². The number of amides is 1. The third-order valence-electron chi connectivity index (χ3n) is 4.30. The average molecular weight is 423 g/mol. The molecule has 2 atom stereocenters. The molecule has 0 spiro atoms. The summed E-state index contributed by atoms with van der Waals surface area (Å²) in [5.74, 6) is -1.04. The van der Waals surface area contributed by atoms with E-state index in [1.807, 2.05) is 0 Å². The number of unbranched alkanes of at least 4 members (excludes halogenated alkanes) is 1. The first-order valence-electron chi connectivity index (χ1n) is 8.98.